The number of guanidine groups is 1. The van der Waals surface area contributed by atoms with Crippen molar-refractivity contribution in [2.24, 2.45) is 10.4 Å². The van der Waals surface area contributed by atoms with E-state index in [2.05, 4.69) is 60.2 Å². The van der Waals surface area contributed by atoms with Gasteiger partial charge >= 0.3 is 0 Å². The van der Waals surface area contributed by atoms with E-state index in [0.29, 0.717) is 0 Å². The van der Waals surface area contributed by atoms with Crippen molar-refractivity contribution >= 4 is 41.7 Å². The van der Waals surface area contributed by atoms with Crippen molar-refractivity contribution < 1.29 is 0 Å². The highest BCUT2D eigenvalue weighted by molar-refractivity contribution is 14.0. The standard InChI is InChI=1S/C14H30N4S.HI/c1-14(2,11-18(4)5)10-17-13(15-3)16-9-12-7-6-8-19-12;/h12H,6-11H2,1-5H3,(H2,15,16,17);1H. The second kappa shape index (κ2) is 10.1. The summed E-state index contributed by atoms with van der Waals surface area (Å²) >= 11 is 2.07. The van der Waals surface area contributed by atoms with Crippen LogP contribution in [-0.2, 0) is 0 Å². The highest BCUT2D eigenvalue weighted by atomic mass is 127. The molecule has 0 aromatic carbocycles. The molecule has 1 fully saturated rings. The maximum atomic E-state index is 4.30. The fourth-order valence-electron chi connectivity index (χ4n) is 2.47. The van der Waals surface area contributed by atoms with Gasteiger partial charge in [-0.3, -0.25) is 4.99 Å². The van der Waals surface area contributed by atoms with Crippen LogP contribution in [0, 0.1) is 5.41 Å². The van der Waals surface area contributed by atoms with Crippen molar-refractivity contribution in [1.29, 1.82) is 0 Å². The molecule has 0 bridgehead atoms. The van der Waals surface area contributed by atoms with Gasteiger partial charge in [-0.2, -0.15) is 11.8 Å². The number of hydrogen-bond acceptors (Lipinski definition) is 3. The average molecular weight is 414 g/mol. The van der Waals surface area contributed by atoms with Gasteiger partial charge in [-0.1, -0.05) is 13.8 Å². The minimum Gasteiger partial charge on any atom is -0.356 e. The smallest absolute Gasteiger partial charge is 0.191 e. The predicted molar refractivity (Wildman–Crippen MR) is 103 cm³/mol. The molecule has 0 saturated carbocycles. The van der Waals surface area contributed by atoms with Gasteiger partial charge in [0.2, 0.25) is 0 Å². The minimum atomic E-state index is 0. The SMILES string of the molecule is CN=C(NCC1CCCS1)NCC(C)(C)CN(C)C.I. The summed E-state index contributed by atoms with van der Waals surface area (Å²) in [6.07, 6.45) is 2.69. The number of nitrogens with one attached hydrogen (secondary N) is 2. The molecular formula is C14H31IN4S. The van der Waals surface area contributed by atoms with E-state index in [1.165, 1.54) is 18.6 Å². The Balaban J connectivity index is 0.00000361. The highest BCUT2D eigenvalue weighted by Crippen LogP contribution is 2.25. The van der Waals surface area contributed by atoms with Crippen molar-refractivity contribution in [3.8, 4) is 0 Å². The largest absolute Gasteiger partial charge is 0.356 e. The van der Waals surface area contributed by atoms with Crippen LogP contribution in [0.25, 0.3) is 0 Å². The summed E-state index contributed by atoms with van der Waals surface area (Å²) in [5.74, 6) is 2.24. The van der Waals surface area contributed by atoms with Crippen LogP contribution in [0.4, 0.5) is 0 Å². The zero-order valence-electron chi connectivity index (χ0n) is 13.5. The Hall–Kier alpha value is 0.310. The van der Waals surface area contributed by atoms with Gasteiger partial charge in [0.25, 0.3) is 0 Å². The van der Waals surface area contributed by atoms with Crippen LogP contribution in [0.2, 0.25) is 0 Å². The number of nitrogens with zero attached hydrogens (tertiary/aromatic N) is 2. The minimum absolute atomic E-state index is 0. The third-order valence-corrected chi connectivity index (χ3v) is 4.62. The maximum Gasteiger partial charge on any atom is 0.191 e. The first-order valence-electron chi connectivity index (χ1n) is 7.14. The van der Waals surface area contributed by atoms with E-state index in [-0.39, 0.29) is 29.4 Å². The Labute approximate surface area is 145 Å². The molecule has 0 radical (unpaired) electrons. The van der Waals surface area contributed by atoms with E-state index < -0.39 is 0 Å². The first-order chi connectivity index (χ1) is 8.93. The van der Waals surface area contributed by atoms with Crippen molar-refractivity contribution in [1.82, 2.24) is 15.5 Å². The van der Waals surface area contributed by atoms with Gasteiger partial charge in [-0.05, 0) is 38.1 Å². The lowest BCUT2D eigenvalue weighted by molar-refractivity contribution is 0.241. The summed E-state index contributed by atoms with van der Waals surface area (Å²) in [6.45, 7) is 7.58. The second-order valence-electron chi connectivity index (χ2n) is 6.34. The summed E-state index contributed by atoms with van der Waals surface area (Å²) < 4.78 is 0. The molecule has 0 amide bonds. The summed E-state index contributed by atoms with van der Waals surface area (Å²) in [5.41, 5.74) is 0.239. The first kappa shape index (κ1) is 20.3. The van der Waals surface area contributed by atoms with E-state index in [0.717, 1.165) is 30.8 Å². The number of thioether (sulfide) groups is 1. The lowest BCUT2D eigenvalue weighted by Crippen LogP contribution is -2.46. The quantitative estimate of drug-likeness (QED) is 0.398. The molecule has 0 aromatic rings. The van der Waals surface area contributed by atoms with E-state index in [9.17, 15) is 0 Å². The van der Waals surface area contributed by atoms with Crippen LogP contribution in [0.1, 0.15) is 26.7 Å². The van der Waals surface area contributed by atoms with Crippen LogP contribution in [0.3, 0.4) is 0 Å². The molecule has 6 heteroatoms. The molecule has 1 rings (SSSR count). The molecule has 0 spiro atoms. The van der Waals surface area contributed by atoms with Gasteiger partial charge in [0, 0.05) is 31.9 Å². The van der Waals surface area contributed by atoms with Crippen LogP contribution >= 0.6 is 35.7 Å². The molecule has 1 heterocycles. The Kier molecular flexibility index (Phi) is 10.3. The third kappa shape index (κ3) is 8.56. The summed E-state index contributed by atoms with van der Waals surface area (Å²) in [4.78, 5) is 6.53. The monoisotopic (exact) mass is 414 g/mol. The molecular weight excluding hydrogens is 383 g/mol. The number of halogens is 1. The highest BCUT2D eigenvalue weighted by Gasteiger charge is 2.20. The normalized spacial score (nSPS) is 19.9. The zero-order valence-corrected chi connectivity index (χ0v) is 16.7. The lowest BCUT2D eigenvalue weighted by atomic mass is 9.93. The fourth-order valence-corrected chi connectivity index (χ4v) is 3.67. The van der Waals surface area contributed by atoms with E-state index in [1.807, 2.05) is 7.05 Å². The Morgan fingerprint density at radius 3 is 2.55 bits per heavy atom. The van der Waals surface area contributed by atoms with Crippen LogP contribution < -0.4 is 10.6 Å². The first-order valence-corrected chi connectivity index (χ1v) is 8.19. The molecule has 1 saturated heterocycles. The number of aliphatic imine (C=N–C) groups is 1. The van der Waals surface area contributed by atoms with Crippen molar-refractivity contribution in [2.75, 3.05) is 46.5 Å². The van der Waals surface area contributed by atoms with Crippen LogP contribution in [-0.4, -0.2) is 62.6 Å². The molecule has 20 heavy (non-hydrogen) atoms. The molecule has 2 N–H and O–H groups in total. The summed E-state index contributed by atoms with van der Waals surface area (Å²) in [5, 5.41) is 7.64. The van der Waals surface area contributed by atoms with Gasteiger partial charge in [-0.25, -0.2) is 0 Å². The molecule has 120 valence electrons. The van der Waals surface area contributed by atoms with E-state index >= 15 is 0 Å². The number of rotatable bonds is 6. The Bertz CT molecular complexity index is 289. The van der Waals surface area contributed by atoms with Gasteiger partial charge in [0.05, 0.1) is 0 Å². The second-order valence-corrected chi connectivity index (χ2v) is 7.75. The van der Waals surface area contributed by atoms with Gasteiger partial charge < -0.3 is 15.5 Å². The van der Waals surface area contributed by atoms with Crippen molar-refractivity contribution in [3.05, 3.63) is 0 Å². The van der Waals surface area contributed by atoms with Crippen molar-refractivity contribution in [2.45, 2.75) is 31.9 Å². The number of hydrogen-bond donors (Lipinski definition) is 2. The van der Waals surface area contributed by atoms with Gasteiger partial charge in [-0.15, -0.1) is 24.0 Å². The zero-order chi connectivity index (χ0) is 14.3. The summed E-state index contributed by atoms with van der Waals surface area (Å²) in [6, 6.07) is 0. The molecule has 1 unspecified atom stereocenters. The molecule has 1 atom stereocenters. The molecule has 4 nitrogen and oxygen atoms in total. The molecule has 1 aliphatic rings. The molecule has 0 aromatic heterocycles. The van der Waals surface area contributed by atoms with E-state index in [4.69, 9.17) is 0 Å². The van der Waals surface area contributed by atoms with Gasteiger partial charge in [0.1, 0.15) is 0 Å². The lowest BCUT2D eigenvalue weighted by Gasteiger charge is -2.29. The van der Waals surface area contributed by atoms with Crippen molar-refractivity contribution in [3.63, 3.8) is 0 Å². The van der Waals surface area contributed by atoms with Crippen LogP contribution in [0.5, 0.6) is 0 Å². The van der Waals surface area contributed by atoms with Gasteiger partial charge in [0.15, 0.2) is 5.96 Å². The maximum absolute atomic E-state index is 4.30. The Morgan fingerprint density at radius 1 is 1.35 bits per heavy atom. The molecule has 0 aliphatic carbocycles. The molecule has 1 aliphatic heterocycles. The van der Waals surface area contributed by atoms with E-state index in [1.54, 1.807) is 0 Å². The summed E-state index contributed by atoms with van der Waals surface area (Å²) in [7, 11) is 6.08. The fraction of sp³-hybridized carbons (Fsp3) is 0.929. The Morgan fingerprint density at radius 2 is 2.05 bits per heavy atom. The van der Waals surface area contributed by atoms with Crippen LogP contribution in [0.15, 0.2) is 4.99 Å². The average Bonchev–Trinajstić information content (AvgIpc) is 2.80. The predicted octanol–water partition coefficient (Wildman–Crippen LogP) is 2.25. The topological polar surface area (TPSA) is 39.7 Å². The third-order valence-electron chi connectivity index (χ3n) is 3.22.